The lowest BCUT2D eigenvalue weighted by Crippen LogP contribution is -2.45. The van der Waals surface area contributed by atoms with E-state index in [0.29, 0.717) is 49.9 Å². The summed E-state index contributed by atoms with van der Waals surface area (Å²) < 4.78 is 53.6. The summed E-state index contributed by atoms with van der Waals surface area (Å²) in [6.07, 6.45) is 24.4. The second kappa shape index (κ2) is 37.2. The minimum Gasteiger partial charge on any atom is -0.726 e. The van der Waals surface area contributed by atoms with E-state index in [2.05, 4.69) is 57.9 Å². The van der Waals surface area contributed by atoms with Crippen LogP contribution in [0, 0.1) is 0 Å². The van der Waals surface area contributed by atoms with Crippen molar-refractivity contribution < 1.29 is 59.8 Å². The Morgan fingerprint density at radius 2 is 0.852 bits per heavy atom. The predicted molar refractivity (Wildman–Crippen MR) is 241 cm³/mol. The first-order valence-corrected chi connectivity index (χ1v) is 23.5. The molecule has 354 valence electrons. The maximum absolute atomic E-state index is 12.6. The molecule has 0 heterocycles. The molecule has 0 rings (SSSR count). The van der Waals surface area contributed by atoms with Gasteiger partial charge in [0.15, 0.2) is 6.10 Å². The van der Waals surface area contributed by atoms with E-state index in [1.165, 1.54) is 22.3 Å². The highest BCUT2D eigenvalue weighted by Gasteiger charge is 2.24. The Balaban J connectivity index is 0. The third-order valence-corrected chi connectivity index (χ3v) is 9.65. The highest BCUT2D eigenvalue weighted by atomic mass is 32.3. The van der Waals surface area contributed by atoms with E-state index in [4.69, 9.17) is 18.9 Å². The van der Waals surface area contributed by atoms with Gasteiger partial charge in [0.2, 0.25) is 10.4 Å². The van der Waals surface area contributed by atoms with Gasteiger partial charge in [-0.05, 0) is 105 Å². The number of rotatable bonds is 34. The quantitative estimate of drug-likeness (QED) is 0.0114. The zero-order chi connectivity index (χ0) is 46.5. The lowest BCUT2D eigenvalue weighted by molar-refractivity contribution is -0.873. The van der Waals surface area contributed by atoms with Crippen molar-refractivity contribution in [3.05, 3.63) is 46.6 Å². The molecule has 0 saturated heterocycles. The number of quaternary nitrogens is 1. The predicted octanol–water partition coefficient (Wildman–Crippen LogP) is 9.95. The van der Waals surface area contributed by atoms with E-state index < -0.39 is 16.5 Å². The fourth-order valence-electron chi connectivity index (χ4n) is 5.81. The molecule has 0 aliphatic heterocycles. The molecule has 61 heavy (non-hydrogen) atoms. The maximum atomic E-state index is 12.6. The summed E-state index contributed by atoms with van der Waals surface area (Å²) in [5.74, 6) is -0.822. The second-order valence-corrected chi connectivity index (χ2v) is 18.3. The summed E-state index contributed by atoms with van der Waals surface area (Å²) in [4.78, 5) is 49.1. The Morgan fingerprint density at radius 1 is 0.525 bits per heavy atom. The molecule has 0 N–H and O–H groups in total. The molecule has 0 radical (unpaired) electrons. The van der Waals surface area contributed by atoms with Crippen molar-refractivity contribution in [2.45, 2.75) is 176 Å². The van der Waals surface area contributed by atoms with Crippen LogP contribution in [0.4, 0.5) is 0 Å². The molecular formula is C47H83NO12S. The van der Waals surface area contributed by atoms with Crippen molar-refractivity contribution in [2.75, 3.05) is 54.6 Å². The third-order valence-electron chi connectivity index (χ3n) is 9.24. The fourth-order valence-corrected chi connectivity index (χ4v) is 5.81. The lowest BCUT2D eigenvalue weighted by Gasteiger charge is -2.28. The first-order valence-electron chi connectivity index (χ1n) is 22.2. The van der Waals surface area contributed by atoms with Gasteiger partial charge in [-0.3, -0.25) is 23.4 Å². The maximum Gasteiger partial charge on any atom is 0.306 e. The highest BCUT2D eigenvalue weighted by Crippen LogP contribution is 2.14. The fraction of sp³-hybridized carbons (Fsp3) is 0.745. The molecule has 0 aromatic heterocycles. The van der Waals surface area contributed by atoms with Crippen LogP contribution in [0.5, 0.6) is 0 Å². The SMILES string of the molecule is CC(C)=CCC/C(C)=C/COC(=O)CCCCCCCCC(=O)OCC(C[N+](C)(C)C)OC(=O)CCCCCCCCC(=O)OC/C=C(\C)CCC=C(C)C.COS(=O)(=O)[O-]. The van der Waals surface area contributed by atoms with Gasteiger partial charge in [0.05, 0.1) is 28.3 Å². The number of ether oxygens (including phenoxy) is 4. The number of carbonyl (C=O) groups is 4. The number of esters is 4. The molecule has 0 aliphatic rings. The molecule has 14 heteroatoms. The lowest BCUT2D eigenvalue weighted by atomic mass is 10.1. The van der Waals surface area contributed by atoms with Gasteiger partial charge >= 0.3 is 23.9 Å². The molecule has 0 saturated carbocycles. The Morgan fingerprint density at radius 3 is 1.18 bits per heavy atom. The molecule has 0 aromatic carbocycles. The van der Waals surface area contributed by atoms with Crippen LogP contribution >= 0.6 is 0 Å². The van der Waals surface area contributed by atoms with Gasteiger partial charge in [-0.2, -0.15) is 0 Å². The van der Waals surface area contributed by atoms with E-state index in [1.807, 2.05) is 33.3 Å². The van der Waals surface area contributed by atoms with Crippen molar-refractivity contribution in [1.82, 2.24) is 0 Å². The van der Waals surface area contributed by atoms with Gasteiger partial charge in [-0.1, -0.05) is 85.8 Å². The Labute approximate surface area is 370 Å². The first-order chi connectivity index (χ1) is 28.6. The monoisotopic (exact) mass is 886 g/mol. The molecule has 1 atom stereocenters. The van der Waals surface area contributed by atoms with Crippen LogP contribution in [-0.4, -0.2) is 102 Å². The van der Waals surface area contributed by atoms with Crippen molar-refractivity contribution in [1.29, 1.82) is 0 Å². The highest BCUT2D eigenvalue weighted by molar-refractivity contribution is 7.80. The van der Waals surface area contributed by atoms with Crippen LogP contribution in [-0.2, 0) is 52.7 Å². The normalized spacial score (nSPS) is 12.4. The van der Waals surface area contributed by atoms with Crippen LogP contribution in [0.15, 0.2) is 46.6 Å². The molecule has 0 aromatic rings. The second-order valence-electron chi connectivity index (χ2n) is 17.2. The topological polar surface area (TPSA) is 172 Å². The van der Waals surface area contributed by atoms with Gasteiger partial charge in [0, 0.05) is 25.7 Å². The number of carbonyl (C=O) groups excluding carboxylic acids is 4. The van der Waals surface area contributed by atoms with Gasteiger partial charge in [0.25, 0.3) is 0 Å². The van der Waals surface area contributed by atoms with Crippen molar-refractivity contribution >= 4 is 34.3 Å². The van der Waals surface area contributed by atoms with E-state index in [9.17, 15) is 32.1 Å². The first kappa shape index (κ1) is 59.8. The smallest absolute Gasteiger partial charge is 0.306 e. The number of unbranched alkanes of at least 4 members (excludes halogenated alkanes) is 10. The van der Waals surface area contributed by atoms with Gasteiger partial charge in [-0.15, -0.1) is 0 Å². The standard InChI is InChI=1S/C46H80NO8.CH4O4S/c1-38(2)24-22-26-40(5)32-34-52-43(48)28-18-14-10-11-16-20-30-45(50)54-37-42(36-47(7,8)9)55-46(51)31-21-17-13-12-15-19-29-44(49)53-35-33-41(6)27-23-25-39(3)4;1-5-6(2,3)4/h24-25,32-33,42H,10-23,26-31,34-37H2,1-9H3;1H3,(H,2,3,4)/q+1;/p-1/b40-32+,41-33+;. The number of likely N-dealkylation sites (N-methyl/N-ethyl adjacent to an activating group) is 1. The Bertz CT molecular complexity index is 1450. The average molecular weight is 886 g/mol. The van der Waals surface area contributed by atoms with Crippen LogP contribution in [0.2, 0.25) is 0 Å². The van der Waals surface area contributed by atoms with Crippen molar-refractivity contribution in [3.63, 3.8) is 0 Å². The number of hydrogen-bond acceptors (Lipinski definition) is 12. The van der Waals surface area contributed by atoms with Crippen LogP contribution in [0.1, 0.15) is 170 Å². The molecule has 0 fully saturated rings. The Hall–Kier alpha value is -3.33. The zero-order valence-corrected chi connectivity index (χ0v) is 40.4. The van der Waals surface area contributed by atoms with Crippen molar-refractivity contribution in [2.24, 2.45) is 0 Å². The van der Waals surface area contributed by atoms with Crippen LogP contribution in [0.25, 0.3) is 0 Å². The summed E-state index contributed by atoms with van der Waals surface area (Å²) in [5.41, 5.74) is 5.11. The van der Waals surface area contributed by atoms with Crippen molar-refractivity contribution in [3.8, 4) is 0 Å². The molecule has 13 nitrogen and oxygen atoms in total. The summed E-state index contributed by atoms with van der Waals surface area (Å²) in [6.45, 7) is 13.8. The largest absolute Gasteiger partial charge is 0.726 e. The molecule has 0 spiro atoms. The van der Waals surface area contributed by atoms with Gasteiger partial charge < -0.3 is 28.0 Å². The van der Waals surface area contributed by atoms with E-state index >= 15 is 0 Å². The Kier molecular flexibility index (Phi) is 36.5. The molecule has 0 amide bonds. The zero-order valence-electron chi connectivity index (χ0n) is 39.6. The van der Waals surface area contributed by atoms with E-state index in [1.54, 1.807) is 0 Å². The van der Waals surface area contributed by atoms with Crippen LogP contribution < -0.4 is 0 Å². The summed E-state index contributed by atoms with van der Waals surface area (Å²) >= 11 is 0. The molecule has 1 unspecified atom stereocenters. The minimum absolute atomic E-state index is 0.0655. The summed E-state index contributed by atoms with van der Waals surface area (Å²) in [5, 5.41) is 0. The summed E-state index contributed by atoms with van der Waals surface area (Å²) in [7, 11) is 2.45. The van der Waals surface area contributed by atoms with Gasteiger partial charge in [0.1, 0.15) is 26.4 Å². The molecule has 0 aliphatic carbocycles. The van der Waals surface area contributed by atoms with Gasteiger partial charge in [-0.25, -0.2) is 8.42 Å². The summed E-state index contributed by atoms with van der Waals surface area (Å²) in [6, 6.07) is 0. The molecule has 0 bridgehead atoms. The average Bonchev–Trinajstić information content (AvgIpc) is 3.15. The minimum atomic E-state index is -4.41. The van der Waals surface area contributed by atoms with E-state index in [0.717, 1.165) is 110 Å². The van der Waals surface area contributed by atoms with Crippen LogP contribution in [0.3, 0.4) is 0 Å². The molecular weight excluding hydrogens is 803 g/mol. The number of nitrogens with zero attached hydrogens (tertiary/aromatic N) is 1. The number of hydrogen-bond donors (Lipinski definition) is 0. The third kappa shape index (κ3) is 47.6. The van der Waals surface area contributed by atoms with E-state index in [-0.39, 0.29) is 30.5 Å². The number of allylic oxidation sites excluding steroid dienone is 6.